The zero-order valence-corrected chi connectivity index (χ0v) is 13.2. The Morgan fingerprint density at radius 2 is 1.88 bits per heavy atom. The number of anilines is 1. The maximum Gasteiger partial charge on any atom is 0.162 e. The molecule has 4 rings (SSSR count). The van der Waals surface area contributed by atoms with E-state index in [1.807, 2.05) is 49.5 Å². The third kappa shape index (κ3) is 2.69. The van der Waals surface area contributed by atoms with Crippen molar-refractivity contribution in [3.63, 3.8) is 0 Å². The lowest BCUT2D eigenvalue weighted by molar-refractivity contribution is 1.04. The molecule has 0 atom stereocenters. The highest BCUT2D eigenvalue weighted by molar-refractivity contribution is 5.90. The Labute approximate surface area is 139 Å². The molecule has 24 heavy (non-hydrogen) atoms. The van der Waals surface area contributed by atoms with Crippen LogP contribution in [-0.2, 0) is 6.54 Å². The monoisotopic (exact) mass is 316 g/mol. The van der Waals surface area contributed by atoms with E-state index in [4.69, 9.17) is 4.98 Å². The van der Waals surface area contributed by atoms with Crippen molar-refractivity contribution in [3.8, 4) is 11.4 Å². The van der Waals surface area contributed by atoms with Crippen LogP contribution >= 0.6 is 0 Å². The van der Waals surface area contributed by atoms with E-state index in [2.05, 4.69) is 25.5 Å². The molecule has 0 amide bonds. The van der Waals surface area contributed by atoms with E-state index in [9.17, 15) is 0 Å². The number of para-hydroxylation sites is 1. The lowest BCUT2D eigenvalue weighted by atomic mass is 10.2. The number of nitrogens with zero attached hydrogens (tertiary/aromatic N) is 4. The summed E-state index contributed by atoms with van der Waals surface area (Å²) < 4.78 is 0. The van der Waals surface area contributed by atoms with E-state index < -0.39 is 0 Å². The zero-order valence-electron chi connectivity index (χ0n) is 13.2. The topological polar surface area (TPSA) is 79.4 Å². The number of fused-ring (bicyclic) bond motifs is 1. The minimum atomic E-state index is 0.652. The molecule has 3 heterocycles. The first-order valence-electron chi connectivity index (χ1n) is 7.71. The molecule has 0 aliphatic carbocycles. The Bertz CT molecular complexity index is 977. The molecule has 0 saturated carbocycles. The molecular weight excluding hydrogens is 300 g/mol. The van der Waals surface area contributed by atoms with E-state index in [0.29, 0.717) is 12.4 Å². The fourth-order valence-corrected chi connectivity index (χ4v) is 2.57. The highest BCUT2D eigenvalue weighted by Crippen LogP contribution is 2.25. The van der Waals surface area contributed by atoms with Gasteiger partial charge in [0.05, 0.1) is 11.7 Å². The molecule has 3 aromatic heterocycles. The molecule has 1 aromatic carbocycles. The van der Waals surface area contributed by atoms with Gasteiger partial charge in [-0.15, -0.1) is 0 Å². The van der Waals surface area contributed by atoms with Crippen molar-refractivity contribution in [2.24, 2.45) is 0 Å². The molecule has 0 fully saturated rings. The molecule has 0 spiro atoms. The van der Waals surface area contributed by atoms with Crippen molar-refractivity contribution >= 4 is 16.7 Å². The minimum Gasteiger partial charge on any atom is -0.365 e. The highest BCUT2D eigenvalue weighted by atomic mass is 15.1. The molecule has 118 valence electrons. The second kappa shape index (κ2) is 6.08. The van der Waals surface area contributed by atoms with Gasteiger partial charge in [-0.05, 0) is 31.2 Å². The van der Waals surface area contributed by atoms with Crippen LogP contribution in [0.2, 0.25) is 0 Å². The zero-order chi connectivity index (χ0) is 16.4. The molecule has 2 N–H and O–H groups in total. The summed E-state index contributed by atoms with van der Waals surface area (Å²) in [4.78, 5) is 13.4. The second-order valence-corrected chi connectivity index (χ2v) is 5.52. The lowest BCUT2D eigenvalue weighted by Gasteiger charge is -2.10. The van der Waals surface area contributed by atoms with Crippen molar-refractivity contribution in [1.82, 2.24) is 25.1 Å². The van der Waals surface area contributed by atoms with Gasteiger partial charge in [0, 0.05) is 41.1 Å². The highest BCUT2D eigenvalue weighted by Gasteiger charge is 2.10. The fraction of sp³-hybridized carbons (Fsp3) is 0.111. The number of H-pyrrole nitrogens is 1. The number of nitrogens with one attached hydrogen (secondary N) is 2. The van der Waals surface area contributed by atoms with Gasteiger partial charge in [0.2, 0.25) is 0 Å². The van der Waals surface area contributed by atoms with Crippen LogP contribution < -0.4 is 5.32 Å². The summed E-state index contributed by atoms with van der Waals surface area (Å²) in [6, 6.07) is 11.8. The summed E-state index contributed by atoms with van der Waals surface area (Å²) in [5.74, 6) is 1.50. The summed E-state index contributed by atoms with van der Waals surface area (Å²) >= 11 is 0. The van der Waals surface area contributed by atoms with Gasteiger partial charge in [-0.3, -0.25) is 10.1 Å². The van der Waals surface area contributed by atoms with Crippen molar-refractivity contribution in [2.75, 3.05) is 5.32 Å². The predicted octanol–water partition coefficient (Wildman–Crippen LogP) is 3.34. The molecule has 4 aromatic rings. The summed E-state index contributed by atoms with van der Waals surface area (Å²) in [6.45, 7) is 2.66. The van der Waals surface area contributed by atoms with Crippen LogP contribution in [0.1, 0.15) is 11.3 Å². The average Bonchev–Trinajstić information content (AvgIpc) is 3.05. The van der Waals surface area contributed by atoms with Crippen LogP contribution in [0.3, 0.4) is 0 Å². The number of aromatic nitrogens is 5. The maximum absolute atomic E-state index is 4.72. The number of hydrogen-bond acceptors (Lipinski definition) is 5. The van der Waals surface area contributed by atoms with Gasteiger partial charge < -0.3 is 5.32 Å². The summed E-state index contributed by atoms with van der Waals surface area (Å²) in [5.41, 5.74) is 4.02. The van der Waals surface area contributed by atoms with Gasteiger partial charge in [0.15, 0.2) is 5.82 Å². The van der Waals surface area contributed by atoms with Crippen LogP contribution in [0.5, 0.6) is 0 Å². The fourth-order valence-electron chi connectivity index (χ4n) is 2.57. The first kappa shape index (κ1) is 14.3. The van der Waals surface area contributed by atoms with E-state index >= 15 is 0 Å². The van der Waals surface area contributed by atoms with E-state index in [0.717, 1.165) is 33.5 Å². The Morgan fingerprint density at radius 3 is 2.67 bits per heavy atom. The van der Waals surface area contributed by atoms with Gasteiger partial charge >= 0.3 is 0 Å². The average molecular weight is 316 g/mol. The van der Waals surface area contributed by atoms with Crippen LogP contribution in [-0.4, -0.2) is 25.1 Å². The van der Waals surface area contributed by atoms with Crippen molar-refractivity contribution in [2.45, 2.75) is 13.5 Å². The Hall–Kier alpha value is -3.28. The molecule has 6 heteroatoms. The molecule has 0 bridgehead atoms. The van der Waals surface area contributed by atoms with Crippen LogP contribution in [0.4, 0.5) is 5.82 Å². The summed E-state index contributed by atoms with van der Waals surface area (Å²) in [5, 5.41) is 11.4. The smallest absolute Gasteiger partial charge is 0.162 e. The summed E-state index contributed by atoms with van der Waals surface area (Å²) in [7, 11) is 0. The largest absolute Gasteiger partial charge is 0.365 e. The SMILES string of the molecule is Cc1[nH]ncc1CNc1nc(-c2ccncc2)nc2ccccc12. The van der Waals surface area contributed by atoms with E-state index in [-0.39, 0.29) is 0 Å². The van der Waals surface area contributed by atoms with Gasteiger partial charge in [-0.1, -0.05) is 12.1 Å². The number of benzene rings is 1. The Kier molecular flexibility index (Phi) is 3.63. The molecule has 0 saturated heterocycles. The molecule has 0 unspecified atom stereocenters. The first-order valence-corrected chi connectivity index (χ1v) is 7.71. The molecule has 0 aliphatic heterocycles. The lowest BCUT2D eigenvalue weighted by Crippen LogP contribution is -2.04. The summed E-state index contributed by atoms with van der Waals surface area (Å²) in [6.07, 6.45) is 5.32. The Balaban J connectivity index is 1.76. The third-order valence-electron chi connectivity index (χ3n) is 3.92. The molecule has 0 aliphatic rings. The van der Waals surface area contributed by atoms with Crippen LogP contribution in [0, 0.1) is 6.92 Å². The second-order valence-electron chi connectivity index (χ2n) is 5.52. The predicted molar refractivity (Wildman–Crippen MR) is 93.4 cm³/mol. The number of pyridine rings is 1. The number of aryl methyl sites for hydroxylation is 1. The number of aromatic amines is 1. The minimum absolute atomic E-state index is 0.652. The van der Waals surface area contributed by atoms with Crippen molar-refractivity contribution in [3.05, 3.63) is 66.2 Å². The van der Waals surface area contributed by atoms with Crippen LogP contribution in [0.25, 0.3) is 22.3 Å². The van der Waals surface area contributed by atoms with Gasteiger partial charge in [0.25, 0.3) is 0 Å². The van der Waals surface area contributed by atoms with Gasteiger partial charge in [-0.25, -0.2) is 9.97 Å². The third-order valence-corrected chi connectivity index (χ3v) is 3.92. The molecular formula is C18H16N6. The van der Waals surface area contributed by atoms with Gasteiger partial charge in [-0.2, -0.15) is 5.10 Å². The maximum atomic E-state index is 4.72. The van der Waals surface area contributed by atoms with Gasteiger partial charge in [0.1, 0.15) is 5.82 Å². The molecule has 0 radical (unpaired) electrons. The quantitative estimate of drug-likeness (QED) is 0.603. The van der Waals surface area contributed by atoms with Crippen molar-refractivity contribution < 1.29 is 0 Å². The first-order chi connectivity index (χ1) is 11.8. The molecule has 6 nitrogen and oxygen atoms in total. The normalized spacial score (nSPS) is 10.9. The number of rotatable bonds is 4. The van der Waals surface area contributed by atoms with Crippen molar-refractivity contribution in [1.29, 1.82) is 0 Å². The number of hydrogen-bond donors (Lipinski definition) is 2. The standard InChI is InChI=1S/C18H16N6/c1-12-14(11-21-24-12)10-20-18-15-4-2-3-5-16(15)22-17(23-18)13-6-8-19-9-7-13/h2-9,11H,10H2,1H3,(H,21,24)(H,20,22,23). The van der Waals surface area contributed by atoms with E-state index in [1.165, 1.54) is 0 Å². The van der Waals surface area contributed by atoms with E-state index in [1.54, 1.807) is 12.4 Å². The van der Waals surface area contributed by atoms with Crippen LogP contribution in [0.15, 0.2) is 55.0 Å². The Morgan fingerprint density at radius 1 is 1.04 bits per heavy atom.